The molecule has 0 spiro atoms. The minimum atomic E-state index is -0.565. The van der Waals surface area contributed by atoms with Crippen LogP contribution in [0.2, 0.25) is 0 Å². The Morgan fingerprint density at radius 3 is 2.64 bits per heavy atom. The number of hydrogen-bond acceptors (Lipinski definition) is 5. The van der Waals surface area contributed by atoms with E-state index in [9.17, 15) is 9.59 Å². The molecule has 0 saturated carbocycles. The van der Waals surface area contributed by atoms with E-state index in [1.807, 2.05) is 40.0 Å². The maximum Gasteiger partial charge on any atom is 0.297 e. The fourth-order valence-corrected chi connectivity index (χ4v) is 3.13. The van der Waals surface area contributed by atoms with Crippen molar-refractivity contribution in [1.82, 2.24) is 19.8 Å². The van der Waals surface area contributed by atoms with Crippen molar-refractivity contribution < 1.29 is 14.3 Å². The van der Waals surface area contributed by atoms with Crippen LogP contribution in [-0.2, 0) is 22.6 Å². The second-order valence-corrected chi connectivity index (χ2v) is 7.96. The SMILES string of the molecule is CNC(=O)/C(=N/C(=O)c1nc(/C=C/COC)n2c1CN(C)CCC2)C(C)(C)C. The van der Waals surface area contributed by atoms with Gasteiger partial charge in [-0.25, -0.2) is 9.98 Å². The van der Waals surface area contributed by atoms with Crippen molar-refractivity contribution in [1.29, 1.82) is 0 Å². The summed E-state index contributed by atoms with van der Waals surface area (Å²) in [6, 6.07) is 0. The molecule has 1 aromatic rings. The van der Waals surface area contributed by atoms with E-state index < -0.39 is 11.3 Å². The maximum atomic E-state index is 13.0. The summed E-state index contributed by atoms with van der Waals surface area (Å²) in [6.45, 7) is 8.35. The van der Waals surface area contributed by atoms with Gasteiger partial charge < -0.3 is 19.5 Å². The number of nitrogens with one attached hydrogen (secondary N) is 1. The van der Waals surface area contributed by atoms with E-state index in [2.05, 4.69) is 24.8 Å². The number of methoxy groups -OCH3 is 1. The van der Waals surface area contributed by atoms with Crippen molar-refractivity contribution in [3.8, 4) is 0 Å². The minimum Gasteiger partial charge on any atom is -0.381 e. The first kappa shape index (κ1) is 22.0. The fraction of sp³-hybridized carbons (Fsp3) is 0.600. The maximum absolute atomic E-state index is 13.0. The summed E-state index contributed by atoms with van der Waals surface area (Å²) < 4.78 is 7.13. The summed E-state index contributed by atoms with van der Waals surface area (Å²) >= 11 is 0. The number of ether oxygens (including phenoxy) is 1. The number of imidazole rings is 1. The minimum absolute atomic E-state index is 0.195. The molecule has 1 N–H and O–H groups in total. The molecule has 8 nitrogen and oxygen atoms in total. The van der Waals surface area contributed by atoms with Crippen LogP contribution in [0.25, 0.3) is 6.08 Å². The van der Waals surface area contributed by atoms with Gasteiger partial charge in [-0.1, -0.05) is 26.8 Å². The largest absolute Gasteiger partial charge is 0.381 e. The van der Waals surface area contributed by atoms with Gasteiger partial charge in [0.1, 0.15) is 11.5 Å². The Hall–Kier alpha value is -2.32. The van der Waals surface area contributed by atoms with Gasteiger partial charge in [-0.15, -0.1) is 0 Å². The van der Waals surface area contributed by atoms with Crippen LogP contribution >= 0.6 is 0 Å². The quantitative estimate of drug-likeness (QED) is 0.775. The third-order valence-electron chi connectivity index (χ3n) is 4.54. The van der Waals surface area contributed by atoms with E-state index in [4.69, 9.17) is 4.74 Å². The predicted molar refractivity (Wildman–Crippen MR) is 109 cm³/mol. The monoisotopic (exact) mass is 389 g/mol. The van der Waals surface area contributed by atoms with E-state index in [0.717, 1.165) is 25.2 Å². The molecular weight excluding hydrogens is 358 g/mol. The summed E-state index contributed by atoms with van der Waals surface area (Å²) in [5, 5.41) is 2.57. The Morgan fingerprint density at radius 1 is 1.32 bits per heavy atom. The zero-order valence-corrected chi connectivity index (χ0v) is 17.7. The molecular formula is C20H31N5O3. The van der Waals surface area contributed by atoms with Gasteiger partial charge in [0.25, 0.3) is 11.8 Å². The van der Waals surface area contributed by atoms with Crippen LogP contribution in [0.4, 0.5) is 0 Å². The van der Waals surface area contributed by atoms with Crippen molar-refractivity contribution >= 4 is 23.6 Å². The highest BCUT2D eigenvalue weighted by Gasteiger charge is 2.29. The van der Waals surface area contributed by atoms with Gasteiger partial charge in [-0.3, -0.25) is 9.59 Å². The lowest BCUT2D eigenvalue weighted by molar-refractivity contribution is -0.114. The highest BCUT2D eigenvalue weighted by atomic mass is 16.5. The summed E-state index contributed by atoms with van der Waals surface area (Å²) in [5.41, 5.74) is 0.761. The van der Waals surface area contributed by atoms with Crippen LogP contribution < -0.4 is 5.32 Å². The molecule has 1 aromatic heterocycles. The van der Waals surface area contributed by atoms with Gasteiger partial charge >= 0.3 is 0 Å². The van der Waals surface area contributed by atoms with Crippen molar-refractivity contribution in [2.75, 3.05) is 34.4 Å². The smallest absolute Gasteiger partial charge is 0.297 e. The molecule has 0 fully saturated rings. The van der Waals surface area contributed by atoms with Gasteiger partial charge in [0.05, 0.1) is 12.3 Å². The number of hydrogen-bond donors (Lipinski definition) is 1. The van der Waals surface area contributed by atoms with E-state index in [0.29, 0.717) is 24.7 Å². The molecule has 154 valence electrons. The standard InChI is InChI=1S/C20H31N5O3/c1-20(2,3)17(19(27)21-4)23-18(26)16-14-13-24(5)10-8-11-25(14)15(22-16)9-7-12-28-6/h7,9H,8,10-13H2,1-6H3,(H,21,27)/b9-7+,23-17-. The Morgan fingerprint density at radius 2 is 2.04 bits per heavy atom. The first-order valence-corrected chi connectivity index (χ1v) is 9.48. The number of carbonyl (C=O) groups excluding carboxylic acids is 2. The van der Waals surface area contributed by atoms with Crippen LogP contribution in [0, 0.1) is 5.41 Å². The molecule has 1 aliphatic rings. The molecule has 1 aliphatic heterocycles. The van der Waals surface area contributed by atoms with E-state index in [1.165, 1.54) is 7.05 Å². The lowest BCUT2D eigenvalue weighted by Crippen LogP contribution is -2.37. The third-order valence-corrected chi connectivity index (χ3v) is 4.54. The van der Waals surface area contributed by atoms with Gasteiger partial charge in [-0.2, -0.15) is 0 Å². The number of carbonyl (C=O) groups is 2. The first-order valence-electron chi connectivity index (χ1n) is 9.48. The van der Waals surface area contributed by atoms with Crippen LogP contribution in [0.15, 0.2) is 11.1 Å². The van der Waals surface area contributed by atoms with Gasteiger partial charge in [0.2, 0.25) is 0 Å². The number of amides is 2. The van der Waals surface area contributed by atoms with E-state index in [1.54, 1.807) is 7.11 Å². The van der Waals surface area contributed by atoms with Gasteiger partial charge in [0.15, 0.2) is 5.69 Å². The average Bonchev–Trinajstić information content (AvgIpc) is 2.83. The van der Waals surface area contributed by atoms with Crippen molar-refractivity contribution in [2.24, 2.45) is 10.4 Å². The highest BCUT2D eigenvalue weighted by molar-refractivity contribution is 6.42. The predicted octanol–water partition coefficient (Wildman–Crippen LogP) is 1.75. The summed E-state index contributed by atoms with van der Waals surface area (Å²) in [7, 11) is 5.18. The Kier molecular flexibility index (Phi) is 7.26. The van der Waals surface area contributed by atoms with Crippen molar-refractivity contribution in [3.05, 3.63) is 23.3 Å². The van der Waals surface area contributed by atoms with E-state index >= 15 is 0 Å². The molecule has 0 aromatic carbocycles. The molecule has 2 amide bonds. The molecule has 0 radical (unpaired) electrons. The number of nitrogens with zero attached hydrogens (tertiary/aromatic N) is 4. The fourth-order valence-electron chi connectivity index (χ4n) is 3.13. The van der Waals surface area contributed by atoms with Crippen LogP contribution in [0.3, 0.4) is 0 Å². The van der Waals surface area contributed by atoms with Gasteiger partial charge in [-0.05, 0) is 26.1 Å². The van der Waals surface area contributed by atoms with Crippen LogP contribution in [-0.4, -0.2) is 66.3 Å². The molecule has 0 aliphatic carbocycles. The Bertz CT molecular complexity index is 786. The Balaban J connectivity index is 2.52. The number of aromatic nitrogens is 2. The molecule has 0 saturated heterocycles. The highest BCUT2D eigenvalue weighted by Crippen LogP contribution is 2.22. The normalized spacial score (nSPS) is 16.1. The number of aliphatic imine (C=N–C) groups is 1. The zero-order valence-electron chi connectivity index (χ0n) is 17.7. The molecule has 2 heterocycles. The molecule has 0 atom stereocenters. The topological polar surface area (TPSA) is 88.8 Å². The lowest BCUT2D eigenvalue weighted by atomic mass is 9.89. The summed E-state index contributed by atoms with van der Waals surface area (Å²) in [4.78, 5) is 36.2. The van der Waals surface area contributed by atoms with Gasteiger partial charge in [0, 0.05) is 32.7 Å². The summed E-state index contributed by atoms with van der Waals surface area (Å²) in [5.74, 6) is -0.138. The summed E-state index contributed by atoms with van der Waals surface area (Å²) in [6.07, 6.45) is 4.70. The first-order chi connectivity index (χ1) is 13.2. The zero-order chi connectivity index (χ0) is 20.9. The lowest BCUT2D eigenvalue weighted by Gasteiger charge is -2.19. The third kappa shape index (κ3) is 5.14. The van der Waals surface area contributed by atoms with Crippen molar-refractivity contribution in [3.63, 3.8) is 0 Å². The molecule has 2 rings (SSSR count). The number of rotatable bonds is 5. The average molecular weight is 390 g/mol. The second-order valence-electron chi connectivity index (χ2n) is 7.96. The molecule has 28 heavy (non-hydrogen) atoms. The number of fused-ring (bicyclic) bond motifs is 1. The molecule has 0 unspecified atom stereocenters. The Labute approximate surface area is 166 Å². The molecule has 0 bridgehead atoms. The van der Waals surface area contributed by atoms with Crippen molar-refractivity contribution in [2.45, 2.75) is 40.3 Å². The van der Waals surface area contributed by atoms with E-state index in [-0.39, 0.29) is 11.6 Å². The molecule has 8 heteroatoms. The van der Waals surface area contributed by atoms with Crippen LogP contribution in [0.1, 0.15) is 49.2 Å². The van der Waals surface area contributed by atoms with Crippen LogP contribution in [0.5, 0.6) is 0 Å². The second kappa shape index (κ2) is 9.25.